The summed E-state index contributed by atoms with van der Waals surface area (Å²) < 4.78 is 57.0. The Balaban J connectivity index is 1.58. The van der Waals surface area contributed by atoms with E-state index in [0.29, 0.717) is 11.0 Å². The molecule has 0 bridgehead atoms. The van der Waals surface area contributed by atoms with Crippen molar-refractivity contribution in [1.82, 2.24) is 9.55 Å². The third-order valence-electron chi connectivity index (χ3n) is 7.42. The van der Waals surface area contributed by atoms with Crippen LogP contribution in [0.3, 0.4) is 0 Å². The number of alkyl halides is 2. The highest BCUT2D eigenvalue weighted by atomic mass is 31.2. The van der Waals surface area contributed by atoms with Crippen molar-refractivity contribution in [3.8, 4) is 0 Å². The van der Waals surface area contributed by atoms with Gasteiger partial charge in [0.25, 0.3) is 0 Å². The van der Waals surface area contributed by atoms with Gasteiger partial charge in [0, 0.05) is 13.1 Å². The lowest BCUT2D eigenvalue weighted by atomic mass is 10.0. The number of aliphatic hydroxyl groups excluding tert-OH is 1. The van der Waals surface area contributed by atoms with Gasteiger partial charge >= 0.3 is 19.4 Å². The van der Waals surface area contributed by atoms with Crippen LogP contribution in [0.25, 0.3) is 0 Å². The van der Waals surface area contributed by atoms with Gasteiger partial charge in [0.2, 0.25) is 12.1 Å². The molecule has 4 atom stereocenters. The lowest BCUT2D eigenvalue weighted by Gasteiger charge is -2.21. The van der Waals surface area contributed by atoms with Crippen molar-refractivity contribution in [3.05, 3.63) is 22.7 Å². The molecule has 0 spiro atoms. The van der Waals surface area contributed by atoms with E-state index in [4.69, 9.17) is 13.8 Å². The van der Waals surface area contributed by atoms with Crippen LogP contribution in [-0.2, 0) is 23.1 Å². The van der Waals surface area contributed by atoms with E-state index in [9.17, 15) is 32.9 Å². The Morgan fingerprint density at radius 2 is 1.51 bits per heavy atom. The van der Waals surface area contributed by atoms with Gasteiger partial charge in [-0.3, -0.25) is 18.4 Å². The van der Waals surface area contributed by atoms with Crippen LogP contribution in [0.5, 0.6) is 0 Å². The highest BCUT2D eigenvalue weighted by Gasteiger charge is 2.60. The Morgan fingerprint density at radius 3 is 2.00 bits per heavy atom. The second-order valence-corrected chi connectivity index (χ2v) is 12.7. The van der Waals surface area contributed by atoms with Crippen molar-refractivity contribution in [1.29, 1.82) is 0 Å². The summed E-state index contributed by atoms with van der Waals surface area (Å²) in [5.41, 5.74) is -1.15. The number of carbonyl (C=O) groups excluding carboxylic acids is 1. The van der Waals surface area contributed by atoms with Gasteiger partial charge in [-0.1, -0.05) is 103 Å². The zero-order chi connectivity index (χ0) is 31.7. The summed E-state index contributed by atoms with van der Waals surface area (Å²) in [6.45, 7) is 2.52. The molecule has 1 aromatic heterocycles. The standard InChI is InChI=1S/C29H50F2N3O8P/c1-3-4-5-6-7-8-9-10-11-12-13-14-15-16-17-18-21-40-43(38,39)41-22-24-26(36)29(30,31)27(42-24)34-20-19-25(32-23(2)35)33-28(34)37/h19-20,24,26-27,36H,3-18,21-22H2,1-2H3,(H,38,39)(H,32,33,35,37)/t24-,26-,27-/m1/s1. The van der Waals surface area contributed by atoms with Crippen molar-refractivity contribution >= 4 is 19.5 Å². The number of ether oxygens (including phenoxy) is 1. The van der Waals surface area contributed by atoms with E-state index in [2.05, 4.69) is 17.2 Å². The fourth-order valence-corrected chi connectivity index (χ4v) is 5.75. The van der Waals surface area contributed by atoms with E-state index in [1.165, 1.54) is 77.6 Å². The molecular formula is C29H50F2N3O8P. The number of hydrogen-bond donors (Lipinski definition) is 3. The van der Waals surface area contributed by atoms with Crippen molar-refractivity contribution in [2.75, 3.05) is 18.5 Å². The first-order valence-corrected chi connectivity index (χ1v) is 17.2. The molecule has 1 aliphatic heterocycles. The third-order valence-corrected chi connectivity index (χ3v) is 8.40. The Kier molecular flexibility index (Phi) is 17.1. The number of aromatic nitrogens is 2. The van der Waals surface area contributed by atoms with Crippen molar-refractivity contribution < 1.29 is 41.9 Å². The van der Waals surface area contributed by atoms with E-state index in [1.807, 2.05) is 0 Å². The SMILES string of the molecule is CCCCCCCCCCCCCCCCCCOP(=O)(O)OC[C@H]1O[C@@H](n2ccc(NC(C)=O)nc2=O)C(F)(F)[C@@H]1O. The minimum atomic E-state index is -4.58. The number of amides is 1. The van der Waals surface area contributed by atoms with Crippen LogP contribution in [0.4, 0.5) is 14.6 Å². The first kappa shape index (κ1) is 37.4. The summed E-state index contributed by atoms with van der Waals surface area (Å²) in [5.74, 6) is -4.59. The predicted molar refractivity (Wildman–Crippen MR) is 159 cm³/mol. The smallest absolute Gasteiger partial charge is 0.384 e. The first-order chi connectivity index (χ1) is 20.5. The molecule has 43 heavy (non-hydrogen) atoms. The predicted octanol–water partition coefficient (Wildman–Crippen LogP) is 6.49. The molecule has 1 aromatic rings. The average Bonchev–Trinajstić information content (AvgIpc) is 3.17. The second-order valence-electron chi connectivity index (χ2n) is 11.2. The molecule has 1 aliphatic rings. The third kappa shape index (κ3) is 13.8. The maximum atomic E-state index is 14.7. The lowest BCUT2D eigenvalue weighted by Crippen LogP contribution is -2.42. The second kappa shape index (κ2) is 19.6. The highest BCUT2D eigenvalue weighted by molar-refractivity contribution is 7.47. The Hall–Kier alpha value is -1.76. The fourth-order valence-electron chi connectivity index (χ4n) is 4.98. The van der Waals surface area contributed by atoms with E-state index in [-0.39, 0.29) is 12.4 Å². The topological polar surface area (TPSA) is 149 Å². The fraction of sp³-hybridized carbons (Fsp3) is 0.828. The molecule has 1 unspecified atom stereocenters. The number of nitrogens with one attached hydrogen (secondary N) is 1. The number of nitrogens with zero attached hydrogens (tertiary/aromatic N) is 2. The van der Waals surface area contributed by atoms with Crippen LogP contribution >= 0.6 is 7.82 Å². The molecular weight excluding hydrogens is 587 g/mol. The van der Waals surface area contributed by atoms with E-state index in [0.717, 1.165) is 37.9 Å². The van der Waals surface area contributed by atoms with Crippen LogP contribution < -0.4 is 11.0 Å². The zero-order valence-electron chi connectivity index (χ0n) is 25.6. The van der Waals surface area contributed by atoms with Crippen LogP contribution in [-0.4, -0.2) is 56.8 Å². The molecule has 0 aromatic carbocycles. The molecule has 0 radical (unpaired) electrons. The van der Waals surface area contributed by atoms with Gasteiger partial charge in [0.15, 0.2) is 6.10 Å². The molecule has 1 saturated heterocycles. The lowest BCUT2D eigenvalue weighted by molar-refractivity contribution is -0.140. The summed E-state index contributed by atoms with van der Waals surface area (Å²) in [4.78, 5) is 36.8. The van der Waals surface area contributed by atoms with Crippen molar-refractivity contribution in [2.24, 2.45) is 0 Å². The largest absolute Gasteiger partial charge is 0.472 e. The molecule has 0 saturated carbocycles. The van der Waals surface area contributed by atoms with E-state index in [1.54, 1.807) is 0 Å². The maximum Gasteiger partial charge on any atom is 0.472 e. The van der Waals surface area contributed by atoms with Crippen LogP contribution in [0.1, 0.15) is 123 Å². The number of phosphoric acid groups is 1. The summed E-state index contributed by atoms with van der Waals surface area (Å²) in [6, 6.07) is 1.12. The van der Waals surface area contributed by atoms with Crippen LogP contribution in [0.2, 0.25) is 0 Å². The van der Waals surface area contributed by atoms with Gasteiger partial charge in [-0.25, -0.2) is 9.36 Å². The number of rotatable bonds is 23. The van der Waals surface area contributed by atoms with Gasteiger partial charge in [0.1, 0.15) is 11.9 Å². The van der Waals surface area contributed by atoms with Crippen LogP contribution in [0, 0.1) is 0 Å². The minimum Gasteiger partial charge on any atom is -0.384 e. The molecule has 0 aliphatic carbocycles. The van der Waals surface area contributed by atoms with Crippen LogP contribution in [0.15, 0.2) is 17.1 Å². The van der Waals surface area contributed by atoms with Gasteiger partial charge in [-0.2, -0.15) is 13.8 Å². The first-order valence-electron chi connectivity index (χ1n) is 15.7. The summed E-state index contributed by atoms with van der Waals surface area (Å²) in [7, 11) is -4.58. The summed E-state index contributed by atoms with van der Waals surface area (Å²) >= 11 is 0. The van der Waals surface area contributed by atoms with Gasteiger partial charge < -0.3 is 20.1 Å². The molecule has 1 fully saturated rings. The Labute approximate surface area is 253 Å². The summed E-state index contributed by atoms with van der Waals surface area (Å²) in [5, 5.41) is 12.3. The number of anilines is 1. The molecule has 248 valence electrons. The Bertz CT molecular complexity index is 1060. The van der Waals surface area contributed by atoms with Gasteiger partial charge in [0.05, 0.1) is 13.2 Å². The molecule has 2 rings (SSSR count). The molecule has 3 N–H and O–H groups in total. The minimum absolute atomic E-state index is 0.0409. The zero-order valence-corrected chi connectivity index (χ0v) is 26.5. The van der Waals surface area contributed by atoms with E-state index < -0.39 is 50.4 Å². The number of carbonyl (C=O) groups is 1. The molecule has 11 nitrogen and oxygen atoms in total. The van der Waals surface area contributed by atoms with E-state index >= 15 is 0 Å². The number of halogens is 2. The maximum absolute atomic E-state index is 14.7. The molecule has 14 heteroatoms. The summed E-state index contributed by atoms with van der Waals surface area (Å²) in [6.07, 6.45) is 13.6. The number of aliphatic hydroxyl groups is 1. The van der Waals surface area contributed by atoms with Crippen molar-refractivity contribution in [2.45, 2.75) is 141 Å². The number of unbranched alkanes of at least 4 members (excludes halogenated alkanes) is 15. The highest BCUT2D eigenvalue weighted by Crippen LogP contribution is 2.47. The van der Waals surface area contributed by atoms with Gasteiger partial charge in [-0.15, -0.1) is 0 Å². The normalized spacial score (nSPS) is 21.1. The Morgan fingerprint density at radius 1 is 1.00 bits per heavy atom. The quantitative estimate of drug-likeness (QED) is 0.0904. The number of hydrogen-bond acceptors (Lipinski definition) is 8. The number of phosphoric ester groups is 1. The average molecular weight is 638 g/mol. The van der Waals surface area contributed by atoms with Crippen molar-refractivity contribution in [3.63, 3.8) is 0 Å². The molecule has 2 heterocycles. The monoisotopic (exact) mass is 637 g/mol. The molecule has 1 amide bonds. The van der Waals surface area contributed by atoms with Gasteiger partial charge in [-0.05, 0) is 12.5 Å².